The molecule has 2 fully saturated rings. The van der Waals surface area contributed by atoms with Gasteiger partial charge in [-0.1, -0.05) is 6.07 Å². The Hall–Kier alpha value is -0.930. The molecule has 1 unspecified atom stereocenters. The van der Waals surface area contributed by atoms with E-state index < -0.39 is 0 Å². The Morgan fingerprint density at radius 1 is 1.50 bits per heavy atom. The van der Waals surface area contributed by atoms with Gasteiger partial charge in [0.2, 0.25) is 0 Å². The molecule has 3 heteroatoms. The highest BCUT2D eigenvalue weighted by atomic mass is 16.5. The largest absolute Gasteiger partial charge is 0.375 e. The number of aromatic nitrogens is 1. The third-order valence-corrected chi connectivity index (χ3v) is 4.43. The van der Waals surface area contributed by atoms with Crippen LogP contribution in [0.1, 0.15) is 43.4 Å². The van der Waals surface area contributed by atoms with Gasteiger partial charge in [-0.2, -0.15) is 0 Å². The van der Waals surface area contributed by atoms with Crippen molar-refractivity contribution in [1.29, 1.82) is 0 Å². The molecule has 0 radical (unpaired) electrons. The molecule has 2 aliphatic rings. The lowest BCUT2D eigenvalue weighted by Gasteiger charge is -2.47. The number of rotatable bonds is 3. The Balaban J connectivity index is 1.55. The van der Waals surface area contributed by atoms with E-state index in [9.17, 15) is 0 Å². The van der Waals surface area contributed by atoms with Crippen LogP contribution in [-0.2, 0) is 11.3 Å². The molecule has 98 valence electrons. The Kier molecular flexibility index (Phi) is 3.35. The Bertz CT molecular complexity index is 415. The molecule has 1 atom stereocenters. The standard InChI is InChI=1S/C15H22N2O/c1-12-4-2-8-16-14(12)11-17-13-5-9-18-15(10-13)6-3-7-15/h2,4,8,13,17H,3,5-7,9-11H2,1H3. The van der Waals surface area contributed by atoms with Gasteiger partial charge in [-0.05, 0) is 50.7 Å². The Morgan fingerprint density at radius 2 is 2.39 bits per heavy atom. The summed E-state index contributed by atoms with van der Waals surface area (Å²) in [7, 11) is 0. The highest BCUT2D eigenvalue weighted by molar-refractivity contribution is 5.17. The van der Waals surface area contributed by atoms with E-state index in [2.05, 4.69) is 23.3 Å². The summed E-state index contributed by atoms with van der Waals surface area (Å²) < 4.78 is 5.95. The van der Waals surface area contributed by atoms with E-state index in [1.54, 1.807) is 0 Å². The number of nitrogens with one attached hydrogen (secondary N) is 1. The normalized spacial score (nSPS) is 25.9. The van der Waals surface area contributed by atoms with E-state index in [1.165, 1.54) is 36.9 Å². The smallest absolute Gasteiger partial charge is 0.0697 e. The SMILES string of the molecule is Cc1cccnc1CNC1CCOC2(CCC2)C1. The first-order valence-corrected chi connectivity index (χ1v) is 7.05. The van der Waals surface area contributed by atoms with Crippen LogP contribution < -0.4 is 5.32 Å². The van der Waals surface area contributed by atoms with Crippen molar-refractivity contribution in [3.05, 3.63) is 29.6 Å². The van der Waals surface area contributed by atoms with Crippen molar-refractivity contribution in [3.63, 3.8) is 0 Å². The summed E-state index contributed by atoms with van der Waals surface area (Å²) in [5, 5.41) is 3.66. The zero-order valence-corrected chi connectivity index (χ0v) is 11.1. The predicted molar refractivity (Wildman–Crippen MR) is 71.4 cm³/mol. The van der Waals surface area contributed by atoms with Crippen molar-refractivity contribution in [2.24, 2.45) is 0 Å². The summed E-state index contributed by atoms with van der Waals surface area (Å²) in [5.41, 5.74) is 2.68. The molecule has 1 aromatic rings. The van der Waals surface area contributed by atoms with Crippen molar-refractivity contribution < 1.29 is 4.74 Å². The van der Waals surface area contributed by atoms with Gasteiger partial charge in [0, 0.05) is 25.4 Å². The summed E-state index contributed by atoms with van der Waals surface area (Å²) >= 11 is 0. The third-order valence-electron chi connectivity index (χ3n) is 4.43. The van der Waals surface area contributed by atoms with E-state index in [1.807, 2.05) is 12.3 Å². The third kappa shape index (κ3) is 2.43. The monoisotopic (exact) mass is 246 g/mol. The molecule has 1 aliphatic heterocycles. The van der Waals surface area contributed by atoms with Gasteiger partial charge < -0.3 is 10.1 Å². The summed E-state index contributed by atoms with van der Waals surface area (Å²) in [6.45, 7) is 3.92. The maximum atomic E-state index is 5.95. The second-order valence-electron chi connectivity index (χ2n) is 5.72. The van der Waals surface area contributed by atoms with Crippen LogP contribution in [-0.4, -0.2) is 23.2 Å². The summed E-state index contributed by atoms with van der Waals surface area (Å²) in [6.07, 6.45) is 8.04. The number of aryl methyl sites for hydroxylation is 1. The van der Waals surface area contributed by atoms with E-state index in [-0.39, 0.29) is 5.60 Å². The van der Waals surface area contributed by atoms with Gasteiger partial charge in [0.15, 0.2) is 0 Å². The van der Waals surface area contributed by atoms with Gasteiger partial charge >= 0.3 is 0 Å². The summed E-state index contributed by atoms with van der Waals surface area (Å²) in [6, 6.07) is 4.72. The zero-order chi connectivity index (χ0) is 12.4. The molecule has 0 bridgehead atoms. The maximum absolute atomic E-state index is 5.95. The van der Waals surface area contributed by atoms with E-state index in [0.717, 1.165) is 19.6 Å². The molecule has 1 aliphatic carbocycles. The second-order valence-corrected chi connectivity index (χ2v) is 5.72. The predicted octanol–water partition coefficient (Wildman–Crippen LogP) is 2.58. The molecule has 2 heterocycles. The molecule has 1 saturated heterocycles. The molecule has 3 rings (SSSR count). The molecule has 0 aromatic carbocycles. The highest BCUT2D eigenvalue weighted by Crippen LogP contribution is 2.42. The fraction of sp³-hybridized carbons (Fsp3) is 0.667. The maximum Gasteiger partial charge on any atom is 0.0697 e. The van der Waals surface area contributed by atoms with Crippen molar-refractivity contribution in [1.82, 2.24) is 10.3 Å². The van der Waals surface area contributed by atoms with Gasteiger partial charge in [0.25, 0.3) is 0 Å². The van der Waals surface area contributed by atoms with Gasteiger partial charge in [-0.3, -0.25) is 4.98 Å². The molecule has 1 saturated carbocycles. The van der Waals surface area contributed by atoms with Crippen LogP contribution in [0.5, 0.6) is 0 Å². The van der Waals surface area contributed by atoms with Gasteiger partial charge in [0.1, 0.15) is 0 Å². The van der Waals surface area contributed by atoms with Crippen molar-refractivity contribution in [2.75, 3.05) is 6.61 Å². The first-order valence-electron chi connectivity index (χ1n) is 7.05. The van der Waals surface area contributed by atoms with Crippen LogP contribution >= 0.6 is 0 Å². The first-order chi connectivity index (χ1) is 8.77. The Labute approximate surface area is 109 Å². The average Bonchev–Trinajstić information content (AvgIpc) is 2.36. The van der Waals surface area contributed by atoms with Crippen molar-refractivity contribution in [2.45, 2.75) is 57.2 Å². The number of hydrogen-bond donors (Lipinski definition) is 1. The number of pyridine rings is 1. The molecule has 3 nitrogen and oxygen atoms in total. The lowest BCUT2D eigenvalue weighted by atomic mass is 9.74. The number of nitrogens with zero attached hydrogens (tertiary/aromatic N) is 1. The van der Waals surface area contributed by atoms with Gasteiger partial charge in [-0.25, -0.2) is 0 Å². The van der Waals surface area contributed by atoms with E-state index >= 15 is 0 Å². The molecule has 0 amide bonds. The molecule has 18 heavy (non-hydrogen) atoms. The lowest BCUT2D eigenvalue weighted by molar-refractivity contribution is -0.135. The minimum absolute atomic E-state index is 0.231. The zero-order valence-electron chi connectivity index (χ0n) is 11.1. The molecule has 1 aromatic heterocycles. The van der Waals surface area contributed by atoms with Crippen LogP contribution in [0.15, 0.2) is 18.3 Å². The minimum Gasteiger partial charge on any atom is -0.375 e. The van der Waals surface area contributed by atoms with Crippen LogP contribution in [0.2, 0.25) is 0 Å². The quantitative estimate of drug-likeness (QED) is 0.890. The fourth-order valence-corrected chi connectivity index (χ4v) is 3.07. The topological polar surface area (TPSA) is 34.2 Å². The van der Waals surface area contributed by atoms with Crippen LogP contribution in [0.4, 0.5) is 0 Å². The Morgan fingerprint density at radius 3 is 3.11 bits per heavy atom. The number of hydrogen-bond acceptors (Lipinski definition) is 3. The fourth-order valence-electron chi connectivity index (χ4n) is 3.07. The lowest BCUT2D eigenvalue weighted by Crippen LogP contribution is -2.50. The second kappa shape index (κ2) is 4.98. The first kappa shape index (κ1) is 12.1. The highest BCUT2D eigenvalue weighted by Gasteiger charge is 2.42. The average molecular weight is 246 g/mol. The van der Waals surface area contributed by atoms with E-state index in [4.69, 9.17) is 4.74 Å². The summed E-state index contributed by atoms with van der Waals surface area (Å²) in [5.74, 6) is 0. The van der Waals surface area contributed by atoms with Crippen LogP contribution in [0, 0.1) is 6.92 Å². The molecule has 1 spiro atoms. The van der Waals surface area contributed by atoms with Gasteiger partial charge in [0.05, 0.1) is 11.3 Å². The summed E-state index contributed by atoms with van der Waals surface area (Å²) in [4.78, 5) is 4.44. The molecular formula is C15H22N2O. The molecule has 1 N–H and O–H groups in total. The van der Waals surface area contributed by atoms with E-state index in [0.29, 0.717) is 6.04 Å². The van der Waals surface area contributed by atoms with Crippen molar-refractivity contribution in [3.8, 4) is 0 Å². The molecular weight excluding hydrogens is 224 g/mol. The number of ether oxygens (including phenoxy) is 1. The van der Waals surface area contributed by atoms with Crippen LogP contribution in [0.25, 0.3) is 0 Å². The minimum atomic E-state index is 0.231. The van der Waals surface area contributed by atoms with Crippen molar-refractivity contribution >= 4 is 0 Å². The van der Waals surface area contributed by atoms with Gasteiger partial charge in [-0.15, -0.1) is 0 Å². The van der Waals surface area contributed by atoms with Crippen LogP contribution in [0.3, 0.4) is 0 Å².